The fourth-order valence-corrected chi connectivity index (χ4v) is 2.64. The molecular weight excluding hydrogens is 282 g/mol. The van der Waals surface area contributed by atoms with Gasteiger partial charge in [-0.1, -0.05) is 5.16 Å². The van der Waals surface area contributed by atoms with Crippen LogP contribution in [0.4, 0.5) is 0 Å². The Morgan fingerprint density at radius 3 is 2.59 bits per heavy atom. The highest BCUT2D eigenvalue weighted by atomic mass is 16.5. The minimum Gasteiger partial charge on any atom is -0.497 e. The Morgan fingerprint density at radius 1 is 1.23 bits per heavy atom. The lowest BCUT2D eigenvalue weighted by molar-refractivity contribution is 0.0569. The van der Waals surface area contributed by atoms with Crippen LogP contribution in [0.3, 0.4) is 0 Å². The molecule has 1 aromatic carbocycles. The summed E-state index contributed by atoms with van der Waals surface area (Å²) >= 11 is 0. The van der Waals surface area contributed by atoms with Crippen molar-refractivity contribution in [3.63, 3.8) is 0 Å². The van der Waals surface area contributed by atoms with Crippen LogP contribution in [0.2, 0.25) is 0 Å². The lowest BCUT2D eigenvalue weighted by atomic mass is 9.98. The van der Waals surface area contributed by atoms with E-state index in [0.717, 1.165) is 24.4 Å². The van der Waals surface area contributed by atoms with E-state index in [4.69, 9.17) is 9.26 Å². The van der Waals surface area contributed by atoms with E-state index < -0.39 is 0 Å². The molecule has 4 rings (SSSR count). The lowest BCUT2D eigenvalue weighted by Crippen LogP contribution is -2.48. The van der Waals surface area contributed by atoms with Crippen molar-refractivity contribution in [1.29, 1.82) is 0 Å². The number of ether oxygens (including phenoxy) is 1. The second-order valence-corrected chi connectivity index (χ2v) is 5.90. The molecular formula is C16H17N3O3. The van der Waals surface area contributed by atoms with Gasteiger partial charge in [0, 0.05) is 24.6 Å². The maximum Gasteiger partial charge on any atom is 0.253 e. The fraction of sp³-hybridized carbons (Fsp3) is 0.438. The summed E-state index contributed by atoms with van der Waals surface area (Å²) in [6.07, 6.45) is 2.32. The summed E-state index contributed by atoms with van der Waals surface area (Å²) in [5.74, 6) is 2.93. The molecule has 1 aliphatic heterocycles. The van der Waals surface area contributed by atoms with Crippen LogP contribution in [0.25, 0.3) is 0 Å². The van der Waals surface area contributed by atoms with Crippen LogP contribution in [-0.2, 0) is 0 Å². The van der Waals surface area contributed by atoms with Gasteiger partial charge in [0.1, 0.15) is 5.75 Å². The maximum absolute atomic E-state index is 12.3. The maximum atomic E-state index is 12.3. The van der Waals surface area contributed by atoms with E-state index in [2.05, 4.69) is 10.1 Å². The lowest BCUT2D eigenvalue weighted by Gasteiger charge is -2.37. The summed E-state index contributed by atoms with van der Waals surface area (Å²) in [4.78, 5) is 18.6. The van der Waals surface area contributed by atoms with Crippen LogP contribution in [-0.4, -0.2) is 41.1 Å². The molecule has 22 heavy (non-hydrogen) atoms. The molecule has 2 heterocycles. The van der Waals surface area contributed by atoms with Gasteiger partial charge in [-0.2, -0.15) is 4.98 Å². The smallest absolute Gasteiger partial charge is 0.253 e. The molecule has 0 unspecified atom stereocenters. The highest BCUT2D eigenvalue weighted by Crippen LogP contribution is 2.39. The summed E-state index contributed by atoms with van der Waals surface area (Å²) < 4.78 is 10.4. The second kappa shape index (κ2) is 5.12. The highest BCUT2D eigenvalue weighted by Gasteiger charge is 2.37. The molecule has 1 aromatic heterocycles. The first-order valence-electron chi connectivity index (χ1n) is 7.51. The second-order valence-electron chi connectivity index (χ2n) is 5.90. The number of carbonyl (C=O) groups excluding carboxylic acids is 1. The van der Waals surface area contributed by atoms with Gasteiger partial charge in [-0.3, -0.25) is 4.79 Å². The summed E-state index contributed by atoms with van der Waals surface area (Å²) in [5, 5.41) is 4.02. The first-order valence-corrected chi connectivity index (χ1v) is 7.51. The quantitative estimate of drug-likeness (QED) is 0.865. The van der Waals surface area contributed by atoms with Crippen LogP contribution in [0, 0.1) is 0 Å². The predicted octanol–water partition coefficient (Wildman–Crippen LogP) is 2.20. The molecule has 2 aliphatic rings. The summed E-state index contributed by atoms with van der Waals surface area (Å²) in [6.45, 7) is 1.27. The average Bonchev–Trinajstić information content (AvgIpc) is 3.25. The molecule has 1 saturated heterocycles. The topological polar surface area (TPSA) is 68.5 Å². The van der Waals surface area contributed by atoms with Crippen molar-refractivity contribution in [1.82, 2.24) is 15.0 Å². The molecule has 2 fully saturated rings. The Bertz CT molecular complexity index is 685. The van der Waals surface area contributed by atoms with E-state index in [1.807, 2.05) is 0 Å². The van der Waals surface area contributed by atoms with Gasteiger partial charge < -0.3 is 14.2 Å². The molecule has 1 amide bonds. The number of likely N-dealkylation sites (tertiary alicyclic amines) is 1. The molecule has 0 bridgehead atoms. The molecule has 0 atom stereocenters. The zero-order valence-corrected chi connectivity index (χ0v) is 12.4. The van der Waals surface area contributed by atoms with Crippen molar-refractivity contribution in [2.45, 2.75) is 24.7 Å². The third-order valence-electron chi connectivity index (χ3n) is 4.25. The molecule has 0 radical (unpaired) electrons. The number of rotatable bonds is 4. The molecule has 0 N–H and O–H groups in total. The van der Waals surface area contributed by atoms with Crippen molar-refractivity contribution >= 4 is 5.91 Å². The number of hydrogen-bond acceptors (Lipinski definition) is 5. The number of nitrogens with zero attached hydrogens (tertiary/aromatic N) is 3. The number of aromatic nitrogens is 2. The van der Waals surface area contributed by atoms with Gasteiger partial charge in [-0.15, -0.1) is 0 Å². The highest BCUT2D eigenvalue weighted by molar-refractivity contribution is 5.95. The Morgan fingerprint density at radius 2 is 1.95 bits per heavy atom. The SMILES string of the molecule is COc1ccc(C(=O)N2CC(c3nc(C4CC4)no3)C2)cc1. The van der Waals surface area contributed by atoms with Crippen molar-refractivity contribution in [3.8, 4) is 5.75 Å². The van der Waals surface area contributed by atoms with E-state index in [1.165, 1.54) is 0 Å². The normalized spacial score (nSPS) is 18.1. The van der Waals surface area contributed by atoms with Crippen LogP contribution < -0.4 is 4.74 Å². The molecule has 1 saturated carbocycles. The van der Waals surface area contributed by atoms with Gasteiger partial charge in [-0.05, 0) is 37.1 Å². The number of methoxy groups -OCH3 is 1. The zero-order valence-electron chi connectivity index (χ0n) is 12.4. The summed E-state index contributed by atoms with van der Waals surface area (Å²) in [7, 11) is 1.61. The molecule has 1 aliphatic carbocycles. The van der Waals surface area contributed by atoms with E-state index in [-0.39, 0.29) is 11.8 Å². The first-order chi connectivity index (χ1) is 10.7. The average molecular weight is 299 g/mol. The van der Waals surface area contributed by atoms with Crippen LogP contribution in [0.15, 0.2) is 28.8 Å². The van der Waals surface area contributed by atoms with Crippen LogP contribution in [0.5, 0.6) is 5.75 Å². The zero-order chi connectivity index (χ0) is 15.1. The Labute approximate surface area is 128 Å². The number of hydrogen-bond donors (Lipinski definition) is 0. The van der Waals surface area contributed by atoms with Crippen molar-refractivity contribution < 1.29 is 14.1 Å². The van der Waals surface area contributed by atoms with Gasteiger partial charge in [0.2, 0.25) is 5.89 Å². The van der Waals surface area contributed by atoms with Gasteiger partial charge >= 0.3 is 0 Å². The van der Waals surface area contributed by atoms with Gasteiger partial charge in [-0.25, -0.2) is 0 Å². The Balaban J connectivity index is 1.38. The molecule has 6 heteroatoms. The largest absolute Gasteiger partial charge is 0.497 e. The fourth-order valence-electron chi connectivity index (χ4n) is 2.64. The third-order valence-corrected chi connectivity index (χ3v) is 4.25. The number of benzene rings is 1. The summed E-state index contributed by atoms with van der Waals surface area (Å²) in [5.41, 5.74) is 0.670. The molecule has 0 spiro atoms. The predicted molar refractivity (Wildman–Crippen MR) is 77.9 cm³/mol. The van der Waals surface area contributed by atoms with Crippen LogP contribution >= 0.6 is 0 Å². The van der Waals surface area contributed by atoms with E-state index >= 15 is 0 Å². The van der Waals surface area contributed by atoms with E-state index in [1.54, 1.807) is 36.3 Å². The van der Waals surface area contributed by atoms with Crippen molar-refractivity contribution in [3.05, 3.63) is 41.5 Å². The number of carbonyl (C=O) groups is 1. The summed E-state index contributed by atoms with van der Waals surface area (Å²) in [6, 6.07) is 7.16. The standard InChI is InChI=1S/C16H17N3O3/c1-21-13-6-4-11(5-7-13)16(20)19-8-12(9-19)15-17-14(18-22-15)10-2-3-10/h4-7,10,12H,2-3,8-9H2,1H3. The first kappa shape index (κ1) is 13.3. The van der Waals surface area contributed by atoms with E-state index in [9.17, 15) is 4.79 Å². The monoisotopic (exact) mass is 299 g/mol. The Hall–Kier alpha value is -2.37. The molecule has 6 nitrogen and oxygen atoms in total. The van der Waals surface area contributed by atoms with Crippen molar-refractivity contribution in [2.24, 2.45) is 0 Å². The molecule has 2 aromatic rings. The number of amides is 1. The van der Waals surface area contributed by atoms with Gasteiger partial charge in [0.05, 0.1) is 13.0 Å². The minimum absolute atomic E-state index is 0.0286. The van der Waals surface area contributed by atoms with Gasteiger partial charge in [0.25, 0.3) is 5.91 Å². The Kier molecular flexibility index (Phi) is 3.10. The van der Waals surface area contributed by atoms with Crippen LogP contribution in [0.1, 0.15) is 46.8 Å². The molecule has 114 valence electrons. The minimum atomic E-state index is 0.0286. The van der Waals surface area contributed by atoms with Crippen molar-refractivity contribution in [2.75, 3.05) is 20.2 Å². The third kappa shape index (κ3) is 2.34. The van der Waals surface area contributed by atoms with Gasteiger partial charge in [0.15, 0.2) is 5.82 Å². The van der Waals surface area contributed by atoms with E-state index in [0.29, 0.717) is 30.5 Å².